The van der Waals surface area contributed by atoms with Gasteiger partial charge in [-0.1, -0.05) is 95.2 Å². The fourth-order valence-electron chi connectivity index (χ4n) is 5.09. The third-order valence-corrected chi connectivity index (χ3v) is 7.42. The second-order valence-corrected chi connectivity index (χ2v) is 10.4. The molecule has 0 unspecified atom stereocenters. The molecule has 6 nitrogen and oxygen atoms in total. The van der Waals surface area contributed by atoms with E-state index in [-0.39, 0.29) is 34.0 Å². The van der Waals surface area contributed by atoms with Gasteiger partial charge in [-0.2, -0.15) is 0 Å². The van der Waals surface area contributed by atoms with Crippen LogP contribution < -0.4 is 43.1 Å². The lowest BCUT2D eigenvalue weighted by Gasteiger charge is -2.05. The van der Waals surface area contributed by atoms with Crippen molar-refractivity contribution in [2.75, 3.05) is 0 Å². The minimum atomic E-state index is 0. The highest BCUT2D eigenvalue weighted by molar-refractivity contribution is 5.86. The number of aromatic nitrogens is 2. The molecule has 4 aromatic carbocycles. The van der Waals surface area contributed by atoms with E-state index in [4.69, 9.17) is 9.68 Å². The highest BCUT2D eigenvalue weighted by Crippen LogP contribution is 2.20. The summed E-state index contributed by atoms with van der Waals surface area (Å²) in [5, 5.41) is 13.2. The number of nitrogens with zero attached hydrogens (tertiary/aromatic N) is 4. The molecule has 0 saturated heterocycles. The van der Waals surface area contributed by atoms with Crippen LogP contribution in [0.15, 0.2) is 144 Å². The van der Waals surface area contributed by atoms with Gasteiger partial charge in [-0.25, -0.2) is 9.13 Å². The average molecular weight is 727 g/mol. The topological polar surface area (TPSA) is 50.9 Å². The minimum absolute atomic E-state index is 0. The van der Waals surface area contributed by atoms with Crippen molar-refractivity contribution in [3.05, 3.63) is 156 Å². The molecule has 0 amide bonds. The summed E-state index contributed by atoms with van der Waals surface area (Å²) in [7, 11) is 0. The van der Waals surface area contributed by atoms with Crippen molar-refractivity contribution in [2.24, 2.45) is 10.3 Å². The molecule has 45 heavy (non-hydrogen) atoms. The van der Waals surface area contributed by atoms with Crippen LogP contribution in [0.3, 0.4) is 0 Å². The summed E-state index contributed by atoms with van der Waals surface area (Å²) in [5.74, 6) is 0. The van der Waals surface area contributed by atoms with E-state index < -0.39 is 0 Å². The molecule has 0 aliphatic carbocycles. The molecule has 6 rings (SSSR count). The fraction of sp³-hybridized carbons (Fsp3) is 0.135. The number of hydrogen-bond donors (Lipinski definition) is 0. The number of aryl methyl sites for hydroxylation is 2. The quantitative estimate of drug-likeness (QED) is 0.106. The van der Waals surface area contributed by atoms with Crippen LogP contribution in [-0.4, -0.2) is 12.4 Å². The Morgan fingerprint density at radius 1 is 0.489 bits per heavy atom. The van der Waals surface area contributed by atoms with Gasteiger partial charge in [0.25, 0.3) is 0 Å². The molecule has 2 aromatic heterocycles. The number of oxime groups is 2. The van der Waals surface area contributed by atoms with Crippen molar-refractivity contribution in [3.8, 4) is 0 Å². The summed E-state index contributed by atoms with van der Waals surface area (Å²) in [4.78, 5) is 11.2. The normalized spacial score (nSPS) is 11.0. The second kappa shape index (κ2) is 17.2. The molecular weight excluding hydrogens is 692 g/mol. The first-order chi connectivity index (χ1) is 21.3. The lowest BCUT2D eigenvalue weighted by molar-refractivity contribution is -0.726. The van der Waals surface area contributed by atoms with E-state index in [1.807, 2.05) is 48.5 Å². The monoisotopic (exact) mass is 724 g/mol. The van der Waals surface area contributed by atoms with Gasteiger partial charge in [-0.05, 0) is 32.7 Å². The van der Waals surface area contributed by atoms with E-state index in [0.717, 1.165) is 41.8 Å². The molecule has 0 saturated carbocycles. The van der Waals surface area contributed by atoms with Gasteiger partial charge in [0.1, 0.15) is 13.2 Å². The number of pyridine rings is 2. The molecule has 8 heteroatoms. The van der Waals surface area contributed by atoms with Crippen molar-refractivity contribution >= 4 is 34.0 Å². The van der Waals surface area contributed by atoms with Gasteiger partial charge in [0.15, 0.2) is 37.9 Å². The summed E-state index contributed by atoms with van der Waals surface area (Å²) in [6, 6.07) is 37.3. The molecule has 0 radical (unpaired) electrons. The van der Waals surface area contributed by atoms with E-state index in [2.05, 4.69) is 105 Å². The molecule has 0 spiro atoms. The Labute approximate surface area is 284 Å². The Hall–Kier alpha value is -4.40. The highest BCUT2D eigenvalue weighted by atomic mass is 79.9. The van der Waals surface area contributed by atoms with E-state index in [9.17, 15) is 0 Å². The van der Waals surface area contributed by atoms with Gasteiger partial charge >= 0.3 is 0 Å². The van der Waals surface area contributed by atoms with Gasteiger partial charge in [-0.3, -0.25) is 0 Å². The Balaban J connectivity index is 0.00000230. The Morgan fingerprint density at radius 3 is 1.33 bits per heavy atom. The summed E-state index contributed by atoms with van der Waals surface area (Å²) < 4.78 is 4.37. The first-order valence-corrected chi connectivity index (χ1v) is 14.5. The Kier molecular flexibility index (Phi) is 12.8. The van der Waals surface area contributed by atoms with Crippen LogP contribution in [0.1, 0.15) is 28.7 Å². The van der Waals surface area contributed by atoms with Crippen molar-refractivity contribution in [1.29, 1.82) is 0 Å². The molecule has 2 heterocycles. The molecule has 0 atom stereocenters. The molecule has 6 aromatic rings. The molecular formula is C37H34Br2N4O2. The predicted molar refractivity (Wildman–Crippen MR) is 171 cm³/mol. The maximum Gasteiger partial charge on any atom is 0.169 e. The molecule has 0 bridgehead atoms. The number of rotatable bonds is 12. The van der Waals surface area contributed by atoms with Gasteiger partial charge in [0, 0.05) is 35.4 Å². The van der Waals surface area contributed by atoms with Crippen LogP contribution >= 0.6 is 0 Å². The van der Waals surface area contributed by atoms with E-state index >= 15 is 0 Å². The fourth-order valence-corrected chi connectivity index (χ4v) is 5.09. The first-order valence-electron chi connectivity index (χ1n) is 14.5. The number of halogens is 2. The van der Waals surface area contributed by atoms with Crippen LogP contribution in [0.25, 0.3) is 21.5 Å². The van der Waals surface area contributed by atoms with Gasteiger partial charge in [0.05, 0.1) is 18.9 Å². The Bertz CT molecular complexity index is 1710. The van der Waals surface area contributed by atoms with Crippen LogP contribution in [0.5, 0.6) is 0 Å². The van der Waals surface area contributed by atoms with Crippen LogP contribution in [-0.2, 0) is 36.0 Å². The maximum atomic E-state index is 5.59. The molecule has 0 aliphatic rings. The molecule has 228 valence electrons. The van der Waals surface area contributed by atoms with Crippen molar-refractivity contribution in [3.63, 3.8) is 0 Å². The van der Waals surface area contributed by atoms with Crippen molar-refractivity contribution in [2.45, 2.75) is 32.7 Å². The standard InChI is InChI=1S/C37H34N4O2.2BrH/c1-3-14-36-32(8-1)10-5-12-34(36)28-42-38-26-30-16-22-40(23-17-30)20-7-21-41-24-18-31(19-25-41)27-39-43-29-35-13-6-11-33-9-2-4-15-37(33)35;;/h1-6,8-19,22-27H,7,20-21,28-29H2;2*1H/q+2;;/p-2/b38-26+,39-27+;;. The SMILES string of the molecule is C(=N\OCc1cccc2ccccc12)/c1cc[n+](CCC[n+]2ccc(/C=N/OCc3cccc4ccccc34)cc2)cc1.[Br-].[Br-]. The van der Waals surface area contributed by atoms with E-state index in [0.29, 0.717) is 13.2 Å². The van der Waals surface area contributed by atoms with Gasteiger partial charge in [0.2, 0.25) is 0 Å². The number of fused-ring (bicyclic) bond motifs is 2. The van der Waals surface area contributed by atoms with E-state index in [1.54, 1.807) is 12.4 Å². The maximum absolute atomic E-state index is 5.59. The summed E-state index contributed by atoms with van der Waals surface area (Å²) in [6.07, 6.45) is 12.8. The zero-order valence-corrected chi connectivity index (χ0v) is 27.9. The molecule has 0 fully saturated rings. The molecule has 0 aliphatic heterocycles. The Morgan fingerprint density at radius 2 is 0.889 bits per heavy atom. The summed E-state index contributed by atoms with van der Waals surface area (Å²) in [6.45, 7) is 2.73. The molecule has 0 N–H and O–H groups in total. The zero-order chi connectivity index (χ0) is 29.1. The van der Waals surface area contributed by atoms with Crippen molar-refractivity contribution < 1.29 is 52.8 Å². The van der Waals surface area contributed by atoms with E-state index in [1.165, 1.54) is 21.5 Å². The third-order valence-electron chi connectivity index (χ3n) is 7.42. The van der Waals surface area contributed by atoms with Crippen LogP contribution in [0.4, 0.5) is 0 Å². The second-order valence-electron chi connectivity index (χ2n) is 10.4. The summed E-state index contributed by atoms with van der Waals surface area (Å²) >= 11 is 0. The zero-order valence-electron chi connectivity index (χ0n) is 24.8. The van der Waals surface area contributed by atoms with Gasteiger partial charge in [-0.15, -0.1) is 0 Å². The smallest absolute Gasteiger partial charge is 0.169 e. The third kappa shape index (κ3) is 9.30. The highest BCUT2D eigenvalue weighted by Gasteiger charge is 2.06. The largest absolute Gasteiger partial charge is 1.00 e. The van der Waals surface area contributed by atoms with Crippen molar-refractivity contribution in [1.82, 2.24) is 0 Å². The van der Waals surface area contributed by atoms with Crippen LogP contribution in [0.2, 0.25) is 0 Å². The average Bonchev–Trinajstić information content (AvgIpc) is 3.06. The lowest BCUT2D eigenvalue weighted by atomic mass is 10.1. The first kappa shape index (κ1) is 33.5. The summed E-state index contributed by atoms with van der Waals surface area (Å²) in [5.41, 5.74) is 4.26. The van der Waals surface area contributed by atoms with Gasteiger partial charge < -0.3 is 43.6 Å². The lowest BCUT2D eigenvalue weighted by Crippen LogP contribution is -3.00. The minimum Gasteiger partial charge on any atom is -1.00 e. The van der Waals surface area contributed by atoms with Crippen LogP contribution in [0, 0.1) is 0 Å². The number of benzene rings is 4. The number of hydrogen-bond acceptors (Lipinski definition) is 4. The predicted octanol–water partition coefficient (Wildman–Crippen LogP) is 0.768.